The average molecular weight is 824 g/mol. The number of aliphatic hydroxyl groups is 1. The summed E-state index contributed by atoms with van der Waals surface area (Å²) in [6, 6.07) is 0. The number of aliphatic hydroxyl groups excluding tert-OH is 1. The van der Waals surface area contributed by atoms with Gasteiger partial charge in [-0.1, -0.05) is 184 Å². The topological polar surface area (TPSA) is 131 Å². The molecule has 1 amide bonds. The fourth-order valence-electron chi connectivity index (χ4n) is 6.25. The summed E-state index contributed by atoms with van der Waals surface area (Å²) in [5.41, 5.74) is 0. The predicted molar refractivity (Wildman–Crippen MR) is 238 cm³/mol. The first kappa shape index (κ1) is 55.0. The van der Waals surface area contributed by atoms with Crippen LogP contribution in [0.3, 0.4) is 0 Å². The van der Waals surface area contributed by atoms with Crippen LogP contribution in [0.2, 0.25) is 0 Å². The molecule has 332 valence electrons. The van der Waals surface area contributed by atoms with E-state index in [1.165, 1.54) is 109 Å². The van der Waals surface area contributed by atoms with Crippen molar-refractivity contribution in [2.45, 2.75) is 213 Å². The Labute approximate surface area is 349 Å². The van der Waals surface area contributed by atoms with Gasteiger partial charge < -0.3 is 20.1 Å². The Balaban J connectivity index is 3.61. The number of carbonyl (C=O) groups is 2. The van der Waals surface area contributed by atoms with Gasteiger partial charge in [-0.2, -0.15) is 0 Å². The molecule has 3 N–H and O–H groups in total. The molecule has 0 saturated carbocycles. The van der Waals surface area contributed by atoms with E-state index in [2.05, 4.69) is 67.8 Å². The van der Waals surface area contributed by atoms with E-state index < -0.39 is 26.5 Å². The standard InChI is InChI=1S/C47H86NO8P/c1-3-5-7-9-11-13-15-17-18-19-20-21-22-23-24-25-26-28-30-32-34-36-38-40-47(51)54-43-45(49)44-56-57(52,53)55-42-41-48-46(50)39-37-35-33-31-29-27-16-14-12-10-8-6-4-2/h11,13,17-18,20-21,23-24,45,49H,3-10,12,14-16,19,22,25-44H2,1-2H3,(H,48,50)(H,52,53)/b13-11-,18-17-,21-20-,24-23-. The van der Waals surface area contributed by atoms with Gasteiger partial charge in [0.1, 0.15) is 12.7 Å². The number of carbonyl (C=O) groups excluding carboxylic acids is 2. The highest BCUT2D eigenvalue weighted by atomic mass is 31.2. The molecule has 2 atom stereocenters. The van der Waals surface area contributed by atoms with Crippen LogP contribution >= 0.6 is 7.82 Å². The van der Waals surface area contributed by atoms with Gasteiger partial charge in [-0.3, -0.25) is 18.6 Å². The molecule has 0 aromatic heterocycles. The summed E-state index contributed by atoms with van der Waals surface area (Å²) in [5.74, 6) is -0.525. The minimum atomic E-state index is -4.42. The van der Waals surface area contributed by atoms with Crippen LogP contribution < -0.4 is 5.32 Å². The Morgan fingerprint density at radius 1 is 0.544 bits per heavy atom. The molecule has 0 aliphatic heterocycles. The molecule has 0 heterocycles. The largest absolute Gasteiger partial charge is 0.472 e. The minimum Gasteiger partial charge on any atom is -0.463 e. The summed E-state index contributed by atoms with van der Waals surface area (Å²) >= 11 is 0. The molecule has 2 unspecified atom stereocenters. The lowest BCUT2D eigenvalue weighted by Gasteiger charge is -2.15. The summed E-state index contributed by atoms with van der Waals surface area (Å²) < 4.78 is 26.9. The molecular formula is C47H86NO8P. The van der Waals surface area contributed by atoms with E-state index in [1.54, 1.807) is 0 Å². The molecule has 0 rings (SSSR count). The molecule has 0 saturated heterocycles. The number of unbranched alkanes of at least 4 members (excludes halogenated alkanes) is 22. The molecule has 0 aliphatic rings. The maximum atomic E-state index is 12.1. The molecule has 0 fully saturated rings. The Hall–Kier alpha value is -2.03. The summed E-state index contributed by atoms with van der Waals surface area (Å²) in [6.07, 6.45) is 50.4. The smallest absolute Gasteiger partial charge is 0.463 e. The zero-order chi connectivity index (χ0) is 41.8. The van der Waals surface area contributed by atoms with E-state index in [0.29, 0.717) is 6.42 Å². The van der Waals surface area contributed by atoms with Gasteiger partial charge in [0.15, 0.2) is 0 Å². The van der Waals surface area contributed by atoms with Crippen molar-refractivity contribution < 1.29 is 37.9 Å². The van der Waals surface area contributed by atoms with Gasteiger partial charge >= 0.3 is 13.8 Å². The number of hydrogen-bond donors (Lipinski definition) is 3. The summed E-state index contributed by atoms with van der Waals surface area (Å²) in [7, 11) is -4.42. The van der Waals surface area contributed by atoms with Crippen molar-refractivity contribution in [2.75, 3.05) is 26.4 Å². The highest BCUT2D eigenvalue weighted by Crippen LogP contribution is 2.42. The Bertz CT molecular complexity index is 1080. The molecule has 9 nitrogen and oxygen atoms in total. The molecule has 0 aliphatic carbocycles. The SMILES string of the molecule is CCCCC/C=C\C/C=C\C/C=C\C/C=C\CCCCCCCCCC(=O)OCC(O)COP(=O)(O)OCCNC(=O)CCCCCCCCCCCCCCC. The van der Waals surface area contributed by atoms with E-state index >= 15 is 0 Å². The van der Waals surface area contributed by atoms with E-state index in [9.17, 15) is 24.2 Å². The zero-order valence-electron chi connectivity index (χ0n) is 36.5. The summed E-state index contributed by atoms with van der Waals surface area (Å²) in [5, 5.41) is 12.7. The second-order valence-electron chi connectivity index (χ2n) is 15.4. The highest BCUT2D eigenvalue weighted by Gasteiger charge is 2.23. The monoisotopic (exact) mass is 824 g/mol. The van der Waals surface area contributed by atoms with Gasteiger partial charge in [0.2, 0.25) is 5.91 Å². The van der Waals surface area contributed by atoms with Crippen LogP contribution in [-0.4, -0.2) is 54.3 Å². The fourth-order valence-corrected chi connectivity index (χ4v) is 7.00. The molecule has 0 aromatic carbocycles. The van der Waals surface area contributed by atoms with Crippen molar-refractivity contribution in [3.63, 3.8) is 0 Å². The van der Waals surface area contributed by atoms with Crippen molar-refractivity contribution in [1.29, 1.82) is 0 Å². The molecule has 0 radical (unpaired) electrons. The summed E-state index contributed by atoms with van der Waals surface area (Å²) in [6.45, 7) is 3.52. The van der Waals surface area contributed by atoms with Crippen LogP contribution in [0.1, 0.15) is 206 Å². The van der Waals surface area contributed by atoms with Crippen molar-refractivity contribution in [3.8, 4) is 0 Å². The van der Waals surface area contributed by atoms with Gasteiger partial charge in [0.25, 0.3) is 0 Å². The second-order valence-corrected chi connectivity index (χ2v) is 16.8. The lowest BCUT2D eigenvalue weighted by molar-refractivity contribution is -0.147. The number of phosphoric ester groups is 1. The molecule has 10 heteroatoms. The number of nitrogens with one attached hydrogen (secondary N) is 1. The van der Waals surface area contributed by atoms with Crippen molar-refractivity contribution >= 4 is 19.7 Å². The maximum Gasteiger partial charge on any atom is 0.472 e. The van der Waals surface area contributed by atoms with E-state index in [0.717, 1.165) is 70.6 Å². The van der Waals surface area contributed by atoms with Crippen LogP contribution in [0.15, 0.2) is 48.6 Å². The molecule has 0 bridgehead atoms. The Kier molecular flexibility index (Phi) is 42.0. The number of rotatable bonds is 43. The first-order valence-electron chi connectivity index (χ1n) is 23.1. The molecule has 0 spiro atoms. The van der Waals surface area contributed by atoms with Gasteiger partial charge in [0.05, 0.1) is 13.2 Å². The third-order valence-corrected chi connectivity index (χ3v) is 10.7. The quantitative estimate of drug-likeness (QED) is 0.0240. The number of amides is 1. The minimum absolute atomic E-state index is 0.0815. The van der Waals surface area contributed by atoms with Crippen LogP contribution in [0, 0.1) is 0 Å². The Morgan fingerprint density at radius 2 is 0.947 bits per heavy atom. The highest BCUT2D eigenvalue weighted by molar-refractivity contribution is 7.47. The van der Waals surface area contributed by atoms with Gasteiger partial charge in [0, 0.05) is 19.4 Å². The van der Waals surface area contributed by atoms with Crippen LogP contribution in [-0.2, 0) is 27.9 Å². The lowest BCUT2D eigenvalue weighted by Crippen LogP contribution is -2.27. The van der Waals surface area contributed by atoms with Gasteiger partial charge in [-0.15, -0.1) is 0 Å². The van der Waals surface area contributed by atoms with Crippen molar-refractivity contribution in [3.05, 3.63) is 48.6 Å². The van der Waals surface area contributed by atoms with E-state index in [4.69, 9.17) is 13.8 Å². The first-order chi connectivity index (χ1) is 27.8. The normalized spacial score (nSPS) is 13.7. The predicted octanol–water partition coefficient (Wildman–Crippen LogP) is 13.1. The third kappa shape index (κ3) is 44.9. The number of hydrogen-bond acceptors (Lipinski definition) is 7. The average Bonchev–Trinajstić information content (AvgIpc) is 3.20. The van der Waals surface area contributed by atoms with Gasteiger partial charge in [-0.25, -0.2) is 4.57 Å². The zero-order valence-corrected chi connectivity index (χ0v) is 37.4. The lowest BCUT2D eigenvalue weighted by atomic mass is 10.0. The number of ether oxygens (including phenoxy) is 1. The van der Waals surface area contributed by atoms with Crippen LogP contribution in [0.4, 0.5) is 0 Å². The van der Waals surface area contributed by atoms with E-state index in [1.807, 2.05) is 0 Å². The van der Waals surface area contributed by atoms with Crippen molar-refractivity contribution in [2.24, 2.45) is 0 Å². The van der Waals surface area contributed by atoms with Crippen LogP contribution in [0.5, 0.6) is 0 Å². The number of esters is 1. The third-order valence-electron chi connectivity index (χ3n) is 9.76. The Morgan fingerprint density at radius 3 is 1.46 bits per heavy atom. The second kappa shape index (κ2) is 43.5. The van der Waals surface area contributed by atoms with E-state index in [-0.39, 0.29) is 32.1 Å². The number of phosphoric acid groups is 1. The molecular weight excluding hydrogens is 737 g/mol. The molecule has 57 heavy (non-hydrogen) atoms. The fraction of sp³-hybridized carbons (Fsp3) is 0.787. The van der Waals surface area contributed by atoms with Crippen LogP contribution in [0.25, 0.3) is 0 Å². The summed E-state index contributed by atoms with van der Waals surface area (Å²) in [4.78, 5) is 33.9. The van der Waals surface area contributed by atoms with Gasteiger partial charge in [-0.05, 0) is 57.8 Å². The first-order valence-corrected chi connectivity index (χ1v) is 24.6. The molecule has 0 aromatic rings. The number of allylic oxidation sites excluding steroid dienone is 8. The van der Waals surface area contributed by atoms with Crippen molar-refractivity contribution in [1.82, 2.24) is 5.32 Å². The maximum absolute atomic E-state index is 12.1.